The number of benzene rings is 2. The molecule has 3 nitrogen and oxygen atoms in total. The van der Waals surface area contributed by atoms with Gasteiger partial charge in [0.1, 0.15) is 0 Å². The minimum atomic E-state index is 0.0183. The zero-order chi connectivity index (χ0) is 16.0. The largest absolute Gasteiger partial charge is 0.350 e. The Balaban J connectivity index is 1.96. The van der Waals surface area contributed by atoms with Crippen LogP contribution in [0.15, 0.2) is 54.7 Å². The second-order valence-corrected chi connectivity index (χ2v) is 6.20. The Bertz CT molecular complexity index is 894. The van der Waals surface area contributed by atoms with Crippen molar-refractivity contribution in [2.75, 3.05) is 6.54 Å². The van der Waals surface area contributed by atoms with Crippen LogP contribution in [-0.2, 0) is 7.05 Å². The summed E-state index contributed by atoms with van der Waals surface area (Å²) in [6.07, 6.45) is 3.13. The molecule has 3 heteroatoms. The molecular weight excluding hydrogens is 284 g/mol. The van der Waals surface area contributed by atoms with E-state index in [1.54, 1.807) is 0 Å². The van der Waals surface area contributed by atoms with Gasteiger partial charge in [0, 0.05) is 41.8 Å². The molecular formula is C20H20N2O. The molecule has 3 aromatic rings. The zero-order valence-electron chi connectivity index (χ0n) is 13.5. The molecule has 1 atom stereocenters. The second-order valence-electron chi connectivity index (χ2n) is 6.20. The van der Waals surface area contributed by atoms with Gasteiger partial charge in [-0.15, -0.1) is 0 Å². The average Bonchev–Trinajstić information content (AvgIpc) is 3.05. The van der Waals surface area contributed by atoms with E-state index in [2.05, 4.69) is 55.1 Å². The van der Waals surface area contributed by atoms with Crippen LogP contribution in [0.2, 0.25) is 0 Å². The van der Waals surface area contributed by atoms with Gasteiger partial charge < -0.3 is 9.47 Å². The highest BCUT2D eigenvalue weighted by Crippen LogP contribution is 2.41. The van der Waals surface area contributed by atoms with E-state index in [0.29, 0.717) is 0 Å². The molecule has 1 amide bonds. The third-order valence-corrected chi connectivity index (χ3v) is 4.75. The summed E-state index contributed by atoms with van der Waals surface area (Å²) in [5.41, 5.74) is 4.40. The van der Waals surface area contributed by atoms with Gasteiger partial charge in [0.2, 0.25) is 0 Å². The number of nitrogens with zero attached hydrogens (tertiary/aromatic N) is 2. The number of amides is 1. The van der Waals surface area contributed by atoms with Crippen molar-refractivity contribution < 1.29 is 4.79 Å². The fraction of sp³-hybridized carbons (Fsp3) is 0.250. The first-order valence-corrected chi connectivity index (χ1v) is 8.16. The lowest BCUT2D eigenvalue weighted by molar-refractivity contribution is 0.0750. The molecule has 1 aliphatic heterocycles. The highest BCUT2D eigenvalue weighted by atomic mass is 16.2. The van der Waals surface area contributed by atoms with Crippen LogP contribution < -0.4 is 0 Å². The van der Waals surface area contributed by atoms with E-state index in [1.807, 2.05) is 23.1 Å². The molecule has 1 aromatic heterocycles. The lowest BCUT2D eigenvalue weighted by atomic mass is 9.97. The number of carbonyl (C=O) groups excluding carboxylic acids is 1. The minimum Gasteiger partial charge on any atom is -0.350 e. The molecule has 0 aliphatic carbocycles. The number of rotatable bonds is 3. The molecule has 0 bridgehead atoms. The van der Waals surface area contributed by atoms with Crippen LogP contribution in [0.1, 0.15) is 40.9 Å². The third-order valence-electron chi connectivity index (χ3n) is 4.75. The number of hydrogen-bond acceptors (Lipinski definition) is 1. The molecule has 0 radical (unpaired) electrons. The SMILES string of the molecule is CCCN1C(=O)c2ccccc2C1c1cn(C)c2ccccc12. The van der Waals surface area contributed by atoms with Gasteiger partial charge in [-0.1, -0.05) is 43.3 Å². The summed E-state index contributed by atoms with van der Waals surface area (Å²) in [4.78, 5) is 14.9. The first-order chi connectivity index (χ1) is 11.2. The van der Waals surface area contributed by atoms with Crippen molar-refractivity contribution >= 4 is 16.8 Å². The highest BCUT2D eigenvalue weighted by Gasteiger charge is 2.38. The Morgan fingerprint density at radius 1 is 1.00 bits per heavy atom. The van der Waals surface area contributed by atoms with Gasteiger partial charge in [-0.25, -0.2) is 0 Å². The van der Waals surface area contributed by atoms with Gasteiger partial charge in [0.05, 0.1) is 6.04 Å². The van der Waals surface area contributed by atoms with Gasteiger partial charge in [-0.05, 0) is 24.1 Å². The van der Waals surface area contributed by atoms with E-state index < -0.39 is 0 Å². The van der Waals surface area contributed by atoms with Crippen LogP contribution in [0.25, 0.3) is 10.9 Å². The van der Waals surface area contributed by atoms with Crippen LogP contribution in [0.4, 0.5) is 0 Å². The summed E-state index contributed by atoms with van der Waals surface area (Å²) < 4.78 is 2.15. The van der Waals surface area contributed by atoms with Crippen LogP contribution in [-0.4, -0.2) is 21.9 Å². The molecule has 0 spiro atoms. The normalized spacial score (nSPS) is 17.0. The van der Waals surface area contributed by atoms with Crippen molar-refractivity contribution in [2.45, 2.75) is 19.4 Å². The number of fused-ring (bicyclic) bond motifs is 2. The van der Waals surface area contributed by atoms with Crippen molar-refractivity contribution in [1.29, 1.82) is 0 Å². The smallest absolute Gasteiger partial charge is 0.255 e. The first-order valence-electron chi connectivity index (χ1n) is 8.16. The second kappa shape index (κ2) is 5.27. The third kappa shape index (κ3) is 2.00. The van der Waals surface area contributed by atoms with Gasteiger partial charge >= 0.3 is 0 Å². The quantitative estimate of drug-likeness (QED) is 0.714. The van der Waals surface area contributed by atoms with Crippen molar-refractivity contribution in [1.82, 2.24) is 9.47 Å². The fourth-order valence-corrected chi connectivity index (χ4v) is 3.77. The van der Waals surface area contributed by atoms with E-state index in [9.17, 15) is 4.79 Å². The lowest BCUT2D eigenvalue weighted by Crippen LogP contribution is -2.29. The molecule has 23 heavy (non-hydrogen) atoms. The average molecular weight is 304 g/mol. The van der Waals surface area contributed by atoms with Crippen LogP contribution in [0.3, 0.4) is 0 Å². The Hall–Kier alpha value is -2.55. The zero-order valence-corrected chi connectivity index (χ0v) is 13.5. The van der Waals surface area contributed by atoms with E-state index in [-0.39, 0.29) is 11.9 Å². The minimum absolute atomic E-state index is 0.0183. The summed E-state index contributed by atoms with van der Waals surface area (Å²) in [5.74, 6) is 0.153. The Morgan fingerprint density at radius 3 is 2.57 bits per heavy atom. The number of aromatic nitrogens is 1. The fourth-order valence-electron chi connectivity index (χ4n) is 3.77. The number of para-hydroxylation sites is 1. The van der Waals surface area contributed by atoms with Crippen molar-refractivity contribution in [3.8, 4) is 0 Å². The van der Waals surface area contributed by atoms with E-state index in [4.69, 9.17) is 0 Å². The van der Waals surface area contributed by atoms with Crippen LogP contribution in [0.5, 0.6) is 0 Å². The summed E-state index contributed by atoms with van der Waals surface area (Å²) in [6, 6.07) is 16.4. The number of aryl methyl sites for hydroxylation is 1. The van der Waals surface area contributed by atoms with Crippen molar-refractivity contribution in [2.24, 2.45) is 7.05 Å². The molecule has 0 saturated carbocycles. The van der Waals surface area contributed by atoms with Gasteiger partial charge in [0.15, 0.2) is 0 Å². The maximum atomic E-state index is 12.8. The molecule has 2 heterocycles. The van der Waals surface area contributed by atoms with Crippen molar-refractivity contribution in [3.05, 3.63) is 71.4 Å². The predicted molar refractivity (Wildman–Crippen MR) is 92.5 cm³/mol. The highest BCUT2D eigenvalue weighted by molar-refractivity contribution is 6.00. The molecule has 1 unspecified atom stereocenters. The first kappa shape index (κ1) is 14.1. The summed E-state index contributed by atoms with van der Waals surface area (Å²) in [6.45, 7) is 2.90. The molecule has 0 saturated heterocycles. The van der Waals surface area contributed by atoms with E-state index in [0.717, 1.165) is 24.1 Å². The summed E-state index contributed by atoms with van der Waals surface area (Å²) in [5, 5.41) is 1.23. The monoisotopic (exact) mass is 304 g/mol. The molecule has 2 aromatic carbocycles. The van der Waals surface area contributed by atoms with Crippen molar-refractivity contribution in [3.63, 3.8) is 0 Å². The Morgan fingerprint density at radius 2 is 1.74 bits per heavy atom. The predicted octanol–water partition coefficient (Wildman–Crippen LogP) is 4.13. The molecule has 0 fully saturated rings. The van der Waals surface area contributed by atoms with Gasteiger partial charge in [-0.3, -0.25) is 4.79 Å². The Kier molecular flexibility index (Phi) is 3.22. The molecule has 116 valence electrons. The molecule has 1 aliphatic rings. The maximum absolute atomic E-state index is 12.8. The summed E-state index contributed by atoms with van der Waals surface area (Å²) >= 11 is 0. The molecule has 4 rings (SSSR count). The van der Waals surface area contributed by atoms with Crippen LogP contribution in [0, 0.1) is 0 Å². The summed E-state index contributed by atoms with van der Waals surface area (Å²) in [7, 11) is 2.07. The maximum Gasteiger partial charge on any atom is 0.255 e. The van der Waals surface area contributed by atoms with Crippen LogP contribution >= 0.6 is 0 Å². The Labute approximate surface area is 136 Å². The standard InChI is InChI=1S/C20H20N2O/c1-3-12-22-19(15-9-4-5-10-16(15)20(22)23)17-13-21(2)18-11-7-6-8-14(17)18/h4-11,13,19H,3,12H2,1-2H3. The molecule has 0 N–H and O–H groups in total. The number of hydrogen-bond donors (Lipinski definition) is 0. The van der Waals surface area contributed by atoms with E-state index in [1.165, 1.54) is 16.5 Å². The number of carbonyl (C=O) groups is 1. The van der Waals surface area contributed by atoms with E-state index >= 15 is 0 Å². The topological polar surface area (TPSA) is 25.2 Å². The van der Waals surface area contributed by atoms with Gasteiger partial charge in [0.25, 0.3) is 5.91 Å². The lowest BCUT2D eigenvalue weighted by Gasteiger charge is -2.25. The van der Waals surface area contributed by atoms with Gasteiger partial charge in [-0.2, -0.15) is 0 Å².